The molecular weight excluding hydrogens is 214 g/mol. The third kappa shape index (κ3) is 3.59. The van der Waals surface area contributed by atoms with Crippen molar-refractivity contribution in [2.75, 3.05) is 19.3 Å². The minimum absolute atomic E-state index is 0.0125. The van der Waals surface area contributed by atoms with Crippen LogP contribution in [-0.4, -0.2) is 44.3 Å². The molecule has 15 heavy (non-hydrogen) atoms. The molecule has 0 saturated carbocycles. The molecule has 0 aromatic heterocycles. The first kappa shape index (κ1) is 12.7. The summed E-state index contributed by atoms with van der Waals surface area (Å²) in [7, 11) is -3.40. The van der Waals surface area contributed by atoms with Gasteiger partial charge in [-0.05, 0) is 26.3 Å². The SMILES string of the molecule is C=C1CN(C(C)(C)C)C[C@H]1OS(C)(=O)=O. The predicted octanol–water partition coefficient (Wildman–Crippen LogP) is 1.00. The lowest BCUT2D eigenvalue weighted by Gasteiger charge is -2.31. The Labute approximate surface area is 92.0 Å². The highest BCUT2D eigenvalue weighted by Gasteiger charge is 2.34. The molecule has 5 heteroatoms. The van der Waals surface area contributed by atoms with Crippen LogP contribution in [-0.2, 0) is 14.3 Å². The maximum atomic E-state index is 11.0. The Morgan fingerprint density at radius 2 is 2.00 bits per heavy atom. The molecule has 0 unspecified atom stereocenters. The van der Waals surface area contributed by atoms with Gasteiger partial charge in [0, 0.05) is 18.6 Å². The quantitative estimate of drug-likeness (QED) is 0.527. The van der Waals surface area contributed by atoms with Crippen LogP contribution in [0.5, 0.6) is 0 Å². The standard InChI is InChI=1S/C10H19NO3S/c1-8-6-11(10(2,3)4)7-9(8)14-15(5,12)13/h9H,1,6-7H2,2-5H3/t9-/m1/s1. The number of rotatable bonds is 2. The van der Waals surface area contributed by atoms with Gasteiger partial charge < -0.3 is 0 Å². The van der Waals surface area contributed by atoms with Gasteiger partial charge in [0.25, 0.3) is 10.1 Å². The van der Waals surface area contributed by atoms with E-state index in [1.54, 1.807) is 0 Å². The van der Waals surface area contributed by atoms with Crippen LogP contribution < -0.4 is 0 Å². The van der Waals surface area contributed by atoms with E-state index in [4.69, 9.17) is 4.18 Å². The number of likely N-dealkylation sites (tertiary alicyclic amines) is 1. The lowest BCUT2D eigenvalue weighted by molar-refractivity contribution is 0.144. The molecule has 0 aliphatic carbocycles. The molecule has 0 bridgehead atoms. The van der Waals surface area contributed by atoms with Gasteiger partial charge in [-0.15, -0.1) is 0 Å². The molecule has 0 aromatic rings. The van der Waals surface area contributed by atoms with Crippen LogP contribution in [0.4, 0.5) is 0 Å². The smallest absolute Gasteiger partial charge is 0.265 e. The predicted molar refractivity (Wildman–Crippen MR) is 60.2 cm³/mol. The highest BCUT2D eigenvalue weighted by Crippen LogP contribution is 2.25. The molecule has 1 saturated heterocycles. The van der Waals surface area contributed by atoms with Crippen LogP contribution in [0.1, 0.15) is 20.8 Å². The van der Waals surface area contributed by atoms with Gasteiger partial charge in [0.15, 0.2) is 0 Å². The summed E-state index contributed by atoms with van der Waals surface area (Å²) in [6, 6.07) is 0. The molecular formula is C10H19NO3S. The summed E-state index contributed by atoms with van der Waals surface area (Å²) >= 11 is 0. The van der Waals surface area contributed by atoms with Crippen molar-refractivity contribution >= 4 is 10.1 Å². The van der Waals surface area contributed by atoms with Gasteiger partial charge in [-0.2, -0.15) is 8.42 Å². The molecule has 4 nitrogen and oxygen atoms in total. The summed E-state index contributed by atoms with van der Waals surface area (Å²) in [5.74, 6) is 0. The molecule has 0 spiro atoms. The van der Waals surface area contributed by atoms with Crippen LogP contribution >= 0.6 is 0 Å². The summed E-state index contributed by atoms with van der Waals surface area (Å²) in [4.78, 5) is 2.16. The zero-order valence-electron chi connectivity index (χ0n) is 9.78. The Hall–Kier alpha value is -0.390. The van der Waals surface area contributed by atoms with E-state index in [1.165, 1.54) is 0 Å². The van der Waals surface area contributed by atoms with Crippen molar-refractivity contribution in [3.05, 3.63) is 12.2 Å². The van der Waals surface area contributed by atoms with Crippen molar-refractivity contribution in [2.24, 2.45) is 0 Å². The second-order valence-electron chi connectivity index (χ2n) is 5.00. The third-order valence-corrected chi connectivity index (χ3v) is 3.06. The lowest BCUT2D eigenvalue weighted by Crippen LogP contribution is -2.40. The lowest BCUT2D eigenvalue weighted by atomic mass is 10.1. The Morgan fingerprint density at radius 1 is 1.47 bits per heavy atom. The second-order valence-corrected chi connectivity index (χ2v) is 6.60. The first-order valence-corrected chi connectivity index (χ1v) is 6.72. The summed E-state index contributed by atoms with van der Waals surface area (Å²) in [5.41, 5.74) is 0.841. The molecule has 88 valence electrons. The summed E-state index contributed by atoms with van der Waals surface area (Å²) in [5, 5.41) is 0. The fourth-order valence-electron chi connectivity index (χ4n) is 1.56. The van der Waals surface area contributed by atoms with Gasteiger partial charge in [0.2, 0.25) is 0 Å². The average molecular weight is 233 g/mol. The maximum Gasteiger partial charge on any atom is 0.265 e. The van der Waals surface area contributed by atoms with Crippen molar-refractivity contribution in [1.82, 2.24) is 4.90 Å². The maximum absolute atomic E-state index is 11.0. The van der Waals surface area contributed by atoms with Crippen molar-refractivity contribution < 1.29 is 12.6 Å². The fraction of sp³-hybridized carbons (Fsp3) is 0.800. The number of nitrogens with zero attached hydrogens (tertiary/aromatic N) is 1. The van der Waals surface area contributed by atoms with E-state index >= 15 is 0 Å². The van der Waals surface area contributed by atoms with Gasteiger partial charge in [-0.1, -0.05) is 6.58 Å². The van der Waals surface area contributed by atoms with Crippen LogP contribution in [0.15, 0.2) is 12.2 Å². The molecule has 1 fully saturated rings. The molecule has 0 N–H and O–H groups in total. The summed E-state index contributed by atoms with van der Waals surface area (Å²) in [6.45, 7) is 11.4. The zero-order chi connectivity index (χ0) is 11.9. The molecule has 1 atom stereocenters. The molecule has 0 aromatic carbocycles. The topological polar surface area (TPSA) is 46.6 Å². The first-order valence-electron chi connectivity index (χ1n) is 4.90. The highest BCUT2D eigenvalue weighted by atomic mass is 32.2. The molecule has 1 aliphatic heterocycles. The van der Waals surface area contributed by atoms with Crippen LogP contribution in [0, 0.1) is 0 Å². The largest absolute Gasteiger partial charge is 0.292 e. The van der Waals surface area contributed by atoms with Crippen molar-refractivity contribution in [3.8, 4) is 0 Å². The Balaban J connectivity index is 2.70. The highest BCUT2D eigenvalue weighted by molar-refractivity contribution is 7.86. The van der Waals surface area contributed by atoms with Crippen molar-refractivity contribution in [1.29, 1.82) is 0 Å². The van der Waals surface area contributed by atoms with E-state index in [2.05, 4.69) is 32.3 Å². The van der Waals surface area contributed by atoms with E-state index in [1.807, 2.05) is 0 Å². The van der Waals surface area contributed by atoms with Gasteiger partial charge in [0.1, 0.15) is 6.10 Å². The minimum Gasteiger partial charge on any atom is -0.292 e. The fourth-order valence-corrected chi connectivity index (χ4v) is 2.18. The molecule has 1 heterocycles. The minimum atomic E-state index is -3.40. The third-order valence-electron chi connectivity index (χ3n) is 2.48. The Morgan fingerprint density at radius 3 is 2.33 bits per heavy atom. The molecule has 0 radical (unpaired) electrons. The van der Waals surface area contributed by atoms with E-state index in [-0.39, 0.29) is 11.6 Å². The average Bonchev–Trinajstić information content (AvgIpc) is 2.27. The van der Waals surface area contributed by atoms with Gasteiger partial charge in [-0.3, -0.25) is 9.08 Å². The van der Waals surface area contributed by atoms with E-state index < -0.39 is 10.1 Å². The van der Waals surface area contributed by atoms with Crippen LogP contribution in [0.25, 0.3) is 0 Å². The summed E-state index contributed by atoms with van der Waals surface area (Å²) in [6.07, 6.45) is 0.680. The van der Waals surface area contributed by atoms with Crippen LogP contribution in [0.3, 0.4) is 0 Å². The zero-order valence-corrected chi connectivity index (χ0v) is 10.6. The number of hydrogen-bond acceptors (Lipinski definition) is 4. The Bertz CT molecular complexity index is 353. The van der Waals surface area contributed by atoms with Gasteiger partial charge >= 0.3 is 0 Å². The van der Waals surface area contributed by atoms with E-state index in [9.17, 15) is 8.42 Å². The van der Waals surface area contributed by atoms with E-state index in [0.29, 0.717) is 13.1 Å². The Kier molecular flexibility index (Phi) is 3.28. The van der Waals surface area contributed by atoms with E-state index in [0.717, 1.165) is 11.8 Å². The normalized spacial score (nSPS) is 24.8. The van der Waals surface area contributed by atoms with Crippen LogP contribution in [0.2, 0.25) is 0 Å². The first-order chi connectivity index (χ1) is 6.59. The van der Waals surface area contributed by atoms with Crippen molar-refractivity contribution in [3.63, 3.8) is 0 Å². The van der Waals surface area contributed by atoms with Crippen molar-refractivity contribution in [2.45, 2.75) is 32.4 Å². The number of hydrogen-bond donors (Lipinski definition) is 0. The monoisotopic (exact) mass is 233 g/mol. The second kappa shape index (κ2) is 3.88. The summed E-state index contributed by atoms with van der Waals surface area (Å²) < 4.78 is 27.0. The van der Waals surface area contributed by atoms with Gasteiger partial charge in [-0.25, -0.2) is 0 Å². The van der Waals surface area contributed by atoms with Gasteiger partial charge in [0.05, 0.1) is 6.26 Å². The molecule has 1 rings (SSSR count). The molecule has 1 aliphatic rings. The molecule has 0 amide bonds.